The number of alkyl halides is 1. The minimum Gasteiger partial charge on any atom is -0.351 e. The minimum absolute atomic E-state index is 0.0467. The van der Waals surface area contributed by atoms with Gasteiger partial charge in [-0.15, -0.1) is 16.7 Å². The van der Waals surface area contributed by atoms with Crippen LogP contribution in [0.2, 0.25) is 0 Å². The van der Waals surface area contributed by atoms with Crippen LogP contribution in [0.4, 0.5) is 0 Å². The van der Waals surface area contributed by atoms with E-state index in [2.05, 4.69) is 14.9 Å². The first kappa shape index (κ1) is 13.7. The zero-order valence-electron chi connectivity index (χ0n) is 10.7. The minimum atomic E-state index is -0.0467. The van der Waals surface area contributed by atoms with Crippen molar-refractivity contribution >= 4 is 29.0 Å². The molecule has 1 heterocycles. The highest BCUT2D eigenvalue weighted by molar-refractivity contribution is 7.08. The fourth-order valence-corrected chi connectivity index (χ4v) is 3.11. The quantitative estimate of drug-likeness (QED) is 0.819. The Balaban J connectivity index is 1.94. The molecule has 2 rings (SSSR count). The molecule has 100 valence electrons. The lowest BCUT2D eigenvalue weighted by atomic mass is 10.0. The van der Waals surface area contributed by atoms with E-state index in [1.807, 2.05) is 13.8 Å². The summed E-state index contributed by atoms with van der Waals surface area (Å²) in [5.74, 6) is 0.840. The van der Waals surface area contributed by atoms with Crippen LogP contribution in [0.15, 0.2) is 0 Å². The van der Waals surface area contributed by atoms with E-state index in [0.29, 0.717) is 17.3 Å². The van der Waals surface area contributed by atoms with Crippen LogP contribution in [0.1, 0.15) is 54.4 Å². The number of aromatic nitrogens is 2. The van der Waals surface area contributed by atoms with Crippen LogP contribution in [-0.4, -0.2) is 27.9 Å². The number of carbonyl (C=O) groups excluding carboxylic acids is 1. The number of nitrogens with zero attached hydrogens (tertiary/aromatic N) is 2. The topological polar surface area (TPSA) is 54.9 Å². The van der Waals surface area contributed by atoms with Gasteiger partial charge in [0, 0.05) is 12.4 Å². The van der Waals surface area contributed by atoms with Crippen molar-refractivity contribution in [2.24, 2.45) is 5.41 Å². The lowest BCUT2D eigenvalue weighted by Crippen LogP contribution is -2.30. The molecule has 0 saturated heterocycles. The third-order valence-electron chi connectivity index (χ3n) is 3.47. The van der Waals surface area contributed by atoms with Crippen LogP contribution in [0, 0.1) is 5.41 Å². The normalized spacial score (nSPS) is 16.9. The molecule has 0 aromatic carbocycles. The van der Waals surface area contributed by atoms with Gasteiger partial charge in [-0.2, -0.15) is 0 Å². The first-order valence-electron chi connectivity index (χ1n) is 6.24. The van der Waals surface area contributed by atoms with Gasteiger partial charge in [0.25, 0.3) is 5.91 Å². The number of carbonyl (C=O) groups is 1. The smallest absolute Gasteiger partial charge is 0.264 e. The van der Waals surface area contributed by atoms with Crippen molar-refractivity contribution < 1.29 is 4.79 Å². The molecule has 4 nitrogen and oxygen atoms in total. The molecule has 1 aliphatic rings. The summed E-state index contributed by atoms with van der Waals surface area (Å²) >= 11 is 6.95. The van der Waals surface area contributed by atoms with E-state index in [9.17, 15) is 4.79 Å². The Morgan fingerprint density at radius 3 is 2.83 bits per heavy atom. The molecule has 18 heavy (non-hydrogen) atoms. The summed E-state index contributed by atoms with van der Waals surface area (Å²) < 4.78 is 3.87. The lowest BCUT2D eigenvalue weighted by Gasteiger charge is -2.14. The zero-order chi connectivity index (χ0) is 13.2. The molecule has 1 aromatic heterocycles. The van der Waals surface area contributed by atoms with Gasteiger partial charge in [-0.05, 0) is 42.1 Å². The van der Waals surface area contributed by atoms with Crippen LogP contribution in [0.5, 0.6) is 0 Å². The number of nitrogens with one attached hydrogen (secondary N) is 1. The molecule has 1 saturated carbocycles. The van der Waals surface area contributed by atoms with Crippen molar-refractivity contribution in [3.63, 3.8) is 0 Å². The van der Waals surface area contributed by atoms with Crippen LogP contribution < -0.4 is 5.32 Å². The van der Waals surface area contributed by atoms with Gasteiger partial charge in [-0.1, -0.05) is 18.3 Å². The molecular weight excluding hydrogens is 270 g/mol. The van der Waals surface area contributed by atoms with Gasteiger partial charge in [-0.25, -0.2) is 0 Å². The van der Waals surface area contributed by atoms with Crippen molar-refractivity contribution in [2.45, 2.75) is 39.0 Å². The number of halogens is 1. The van der Waals surface area contributed by atoms with Gasteiger partial charge in [0.05, 0.1) is 5.69 Å². The van der Waals surface area contributed by atoms with Crippen molar-refractivity contribution in [2.75, 3.05) is 12.4 Å². The van der Waals surface area contributed by atoms with Crippen molar-refractivity contribution in [3.8, 4) is 0 Å². The Hall–Kier alpha value is -0.680. The van der Waals surface area contributed by atoms with Crippen molar-refractivity contribution in [1.29, 1.82) is 0 Å². The Morgan fingerprint density at radius 1 is 1.56 bits per heavy atom. The highest BCUT2D eigenvalue weighted by atomic mass is 35.5. The van der Waals surface area contributed by atoms with Crippen LogP contribution in [0.25, 0.3) is 0 Å². The summed E-state index contributed by atoms with van der Waals surface area (Å²) in [5.41, 5.74) is 1.05. The summed E-state index contributed by atoms with van der Waals surface area (Å²) in [6, 6.07) is 0. The lowest BCUT2D eigenvalue weighted by molar-refractivity contribution is 0.0947. The van der Waals surface area contributed by atoms with Gasteiger partial charge in [0.1, 0.15) is 4.88 Å². The summed E-state index contributed by atoms with van der Waals surface area (Å²) in [5, 5.41) is 7.02. The Labute approximate surface area is 116 Å². The highest BCUT2D eigenvalue weighted by Crippen LogP contribution is 2.48. The third-order valence-corrected chi connectivity index (χ3v) is 4.40. The molecule has 1 N–H and O–H groups in total. The summed E-state index contributed by atoms with van der Waals surface area (Å²) in [6.07, 6.45) is 3.31. The molecule has 0 bridgehead atoms. The number of hydrogen-bond acceptors (Lipinski definition) is 4. The number of hydrogen-bond donors (Lipinski definition) is 1. The van der Waals surface area contributed by atoms with E-state index in [1.54, 1.807) is 0 Å². The van der Waals surface area contributed by atoms with Crippen LogP contribution in [0.3, 0.4) is 0 Å². The molecule has 0 unspecified atom stereocenters. The average Bonchev–Trinajstić information content (AvgIpc) is 2.92. The van der Waals surface area contributed by atoms with Crippen LogP contribution in [-0.2, 0) is 0 Å². The molecule has 1 amide bonds. The molecule has 0 radical (unpaired) electrons. The molecule has 1 aromatic rings. The first-order chi connectivity index (χ1) is 8.58. The Morgan fingerprint density at radius 2 is 2.28 bits per heavy atom. The zero-order valence-corrected chi connectivity index (χ0v) is 12.3. The largest absolute Gasteiger partial charge is 0.351 e. The van der Waals surface area contributed by atoms with Gasteiger partial charge in [-0.3, -0.25) is 4.79 Å². The highest BCUT2D eigenvalue weighted by Gasteiger charge is 2.42. The summed E-state index contributed by atoms with van der Waals surface area (Å²) in [4.78, 5) is 12.7. The summed E-state index contributed by atoms with van der Waals surface area (Å²) in [6.45, 7) is 4.75. The van der Waals surface area contributed by atoms with E-state index in [4.69, 9.17) is 11.6 Å². The Bertz CT molecular complexity index is 429. The van der Waals surface area contributed by atoms with Crippen LogP contribution >= 0.6 is 23.1 Å². The second-order valence-electron chi connectivity index (χ2n) is 5.26. The van der Waals surface area contributed by atoms with Crippen molar-refractivity contribution in [1.82, 2.24) is 14.9 Å². The Kier molecular flexibility index (Phi) is 4.22. The summed E-state index contributed by atoms with van der Waals surface area (Å²) in [7, 11) is 0. The predicted molar refractivity (Wildman–Crippen MR) is 73.3 cm³/mol. The molecule has 0 aliphatic heterocycles. The molecule has 1 aliphatic carbocycles. The maximum absolute atomic E-state index is 12.1. The fourth-order valence-electron chi connectivity index (χ4n) is 1.97. The monoisotopic (exact) mass is 287 g/mol. The van der Waals surface area contributed by atoms with Crippen molar-refractivity contribution in [3.05, 3.63) is 10.6 Å². The maximum Gasteiger partial charge on any atom is 0.264 e. The van der Waals surface area contributed by atoms with E-state index in [0.717, 1.165) is 25.0 Å². The van der Waals surface area contributed by atoms with E-state index < -0.39 is 0 Å². The van der Waals surface area contributed by atoms with E-state index >= 15 is 0 Å². The van der Waals surface area contributed by atoms with Gasteiger partial charge in [0.2, 0.25) is 0 Å². The maximum atomic E-state index is 12.1. The second-order valence-corrected chi connectivity index (χ2v) is 6.40. The van der Waals surface area contributed by atoms with Gasteiger partial charge >= 0.3 is 0 Å². The first-order valence-corrected chi connectivity index (χ1v) is 7.55. The van der Waals surface area contributed by atoms with E-state index in [-0.39, 0.29) is 17.2 Å². The number of amides is 1. The molecule has 1 fully saturated rings. The van der Waals surface area contributed by atoms with E-state index in [1.165, 1.54) is 11.5 Å². The molecule has 6 heteroatoms. The number of rotatable bonds is 6. The average molecular weight is 288 g/mol. The molecular formula is C12H18ClN3OS. The molecule has 0 spiro atoms. The van der Waals surface area contributed by atoms with Gasteiger partial charge < -0.3 is 5.32 Å². The SMILES string of the molecule is CC(C)c1nnsc1C(=O)NCC1(CCCl)CC1. The fraction of sp³-hybridized carbons (Fsp3) is 0.750. The predicted octanol–water partition coefficient (Wildman–Crippen LogP) is 2.80. The molecule has 0 atom stereocenters. The second kappa shape index (κ2) is 5.53. The standard InChI is InChI=1S/C12H18ClN3OS/c1-8(2)9-10(18-16-15-9)11(17)14-7-12(3-4-12)5-6-13/h8H,3-7H2,1-2H3,(H,14,17). The van der Waals surface area contributed by atoms with Gasteiger partial charge in [0.15, 0.2) is 0 Å². The third kappa shape index (κ3) is 3.01.